The molecule has 0 fully saturated rings. The van der Waals surface area contributed by atoms with Crippen molar-refractivity contribution >= 4 is 23.2 Å². The molecule has 1 rings (SSSR count). The lowest BCUT2D eigenvalue weighted by molar-refractivity contribution is -0.140. The summed E-state index contributed by atoms with van der Waals surface area (Å²) in [6, 6.07) is 0.446. The lowest BCUT2D eigenvalue weighted by Gasteiger charge is -2.10. The zero-order valence-corrected chi connectivity index (χ0v) is 9.80. The number of aliphatic hydroxyl groups is 1. The van der Waals surface area contributed by atoms with E-state index in [1.165, 1.54) is 11.3 Å². The largest absolute Gasteiger partial charge is 0.480 e. The minimum Gasteiger partial charge on any atom is -0.480 e. The van der Waals surface area contributed by atoms with Gasteiger partial charge in [0.2, 0.25) is 0 Å². The molecule has 6 heteroatoms. The van der Waals surface area contributed by atoms with Gasteiger partial charge in [-0.1, -0.05) is 0 Å². The average molecular weight is 243 g/mol. The molecule has 5 nitrogen and oxygen atoms in total. The van der Waals surface area contributed by atoms with Crippen LogP contribution in [0.3, 0.4) is 0 Å². The van der Waals surface area contributed by atoms with Crippen LogP contribution in [0.1, 0.15) is 20.1 Å². The Morgan fingerprint density at radius 2 is 2.12 bits per heavy atom. The Bertz CT molecular complexity index is 393. The first-order valence-electron chi connectivity index (χ1n) is 4.67. The normalized spacial score (nSPS) is 12.2. The average Bonchev–Trinajstić information content (AvgIpc) is 2.55. The fourth-order valence-electron chi connectivity index (χ4n) is 1.10. The topological polar surface area (TPSA) is 86.6 Å². The Kier molecular flexibility index (Phi) is 4.03. The van der Waals surface area contributed by atoms with Crippen molar-refractivity contribution in [1.29, 1.82) is 0 Å². The molecule has 1 heterocycles. The third-order valence-electron chi connectivity index (χ3n) is 2.18. The minimum absolute atomic E-state index is 0.453. The standard InChI is InChI=1S/C10H13NO4S/c1-5-3-8(16-6(5)2)9(13)11-7(4-12)10(14)15/h3,7,12H,4H2,1-2H3,(H,11,13)(H,14,15). The Balaban J connectivity index is 2.75. The van der Waals surface area contributed by atoms with Gasteiger partial charge in [0, 0.05) is 4.88 Å². The summed E-state index contributed by atoms with van der Waals surface area (Å²) in [5, 5.41) is 19.7. The van der Waals surface area contributed by atoms with E-state index in [1.54, 1.807) is 6.07 Å². The van der Waals surface area contributed by atoms with Crippen LogP contribution in [-0.4, -0.2) is 34.7 Å². The van der Waals surface area contributed by atoms with Gasteiger partial charge in [-0.3, -0.25) is 4.79 Å². The summed E-state index contributed by atoms with van der Waals surface area (Å²) >= 11 is 1.30. The van der Waals surface area contributed by atoms with E-state index in [0.29, 0.717) is 4.88 Å². The number of thiophene rings is 1. The molecule has 3 N–H and O–H groups in total. The fourth-order valence-corrected chi connectivity index (χ4v) is 2.04. The Hall–Kier alpha value is -1.40. The molecule has 0 aliphatic heterocycles. The van der Waals surface area contributed by atoms with E-state index in [9.17, 15) is 9.59 Å². The Labute approximate surface area is 96.7 Å². The molecule has 0 aromatic carbocycles. The van der Waals surface area contributed by atoms with Crippen molar-refractivity contribution in [3.8, 4) is 0 Å². The van der Waals surface area contributed by atoms with Crippen LogP contribution in [0.2, 0.25) is 0 Å². The third kappa shape index (κ3) is 2.80. The third-order valence-corrected chi connectivity index (χ3v) is 3.33. The van der Waals surface area contributed by atoms with Gasteiger partial charge >= 0.3 is 5.97 Å². The quantitative estimate of drug-likeness (QED) is 0.720. The summed E-state index contributed by atoms with van der Waals surface area (Å²) < 4.78 is 0. The van der Waals surface area contributed by atoms with Crippen LogP contribution in [0.15, 0.2) is 6.07 Å². The summed E-state index contributed by atoms with van der Waals surface area (Å²) in [6.07, 6.45) is 0. The summed E-state index contributed by atoms with van der Waals surface area (Å²) in [5.74, 6) is -1.72. The first kappa shape index (κ1) is 12.7. The molecule has 88 valence electrons. The van der Waals surface area contributed by atoms with Crippen molar-refractivity contribution < 1.29 is 19.8 Å². The van der Waals surface area contributed by atoms with Gasteiger partial charge in [0.25, 0.3) is 5.91 Å². The van der Waals surface area contributed by atoms with Crippen molar-refractivity contribution in [2.75, 3.05) is 6.61 Å². The summed E-state index contributed by atoms with van der Waals surface area (Å²) in [6.45, 7) is 3.14. The molecular formula is C10H13NO4S. The van der Waals surface area contributed by atoms with Crippen LogP contribution in [0.25, 0.3) is 0 Å². The zero-order valence-electron chi connectivity index (χ0n) is 8.98. The molecule has 0 aliphatic carbocycles. The molecule has 1 atom stereocenters. The predicted molar refractivity (Wildman–Crippen MR) is 59.8 cm³/mol. The molecule has 16 heavy (non-hydrogen) atoms. The molecule has 1 unspecified atom stereocenters. The van der Waals surface area contributed by atoms with Gasteiger partial charge in [-0.05, 0) is 25.5 Å². The number of carbonyl (C=O) groups is 2. The second-order valence-corrected chi connectivity index (χ2v) is 4.65. The number of aliphatic carboxylic acids is 1. The maximum absolute atomic E-state index is 11.6. The van der Waals surface area contributed by atoms with E-state index in [4.69, 9.17) is 10.2 Å². The molecular weight excluding hydrogens is 230 g/mol. The zero-order chi connectivity index (χ0) is 12.3. The van der Waals surface area contributed by atoms with E-state index in [2.05, 4.69) is 5.32 Å². The number of aryl methyl sites for hydroxylation is 2. The van der Waals surface area contributed by atoms with Crippen LogP contribution >= 0.6 is 11.3 Å². The summed E-state index contributed by atoms with van der Waals surface area (Å²) in [4.78, 5) is 23.7. The Morgan fingerprint density at radius 1 is 1.50 bits per heavy atom. The highest BCUT2D eigenvalue weighted by Crippen LogP contribution is 2.20. The van der Waals surface area contributed by atoms with E-state index < -0.39 is 24.5 Å². The van der Waals surface area contributed by atoms with Crippen molar-refractivity contribution in [2.24, 2.45) is 0 Å². The fraction of sp³-hybridized carbons (Fsp3) is 0.400. The lowest BCUT2D eigenvalue weighted by atomic mass is 10.2. The number of rotatable bonds is 4. The van der Waals surface area contributed by atoms with Crippen LogP contribution < -0.4 is 5.32 Å². The van der Waals surface area contributed by atoms with Crippen LogP contribution in [-0.2, 0) is 4.79 Å². The highest BCUT2D eigenvalue weighted by Gasteiger charge is 2.20. The molecule has 0 bridgehead atoms. The van der Waals surface area contributed by atoms with Gasteiger partial charge in [0.15, 0.2) is 6.04 Å². The van der Waals surface area contributed by atoms with E-state index in [1.807, 2.05) is 13.8 Å². The van der Waals surface area contributed by atoms with E-state index >= 15 is 0 Å². The number of hydrogen-bond donors (Lipinski definition) is 3. The number of aliphatic hydroxyl groups excluding tert-OH is 1. The summed E-state index contributed by atoms with van der Waals surface area (Å²) in [5.41, 5.74) is 0.992. The molecule has 1 aromatic heterocycles. The molecule has 0 radical (unpaired) electrons. The SMILES string of the molecule is Cc1cc(C(=O)NC(CO)C(=O)O)sc1C. The molecule has 0 aliphatic rings. The first-order valence-corrected chi connectivity index (χ1v) is 5.49. The van der Waals surface area contributed by atoms with Gasteiger partial charge in [0.05, 0.1) is 11.5 Å². The number of hydrogen-bond acceptors (Lipinski definition) is 4. The second kappa shape index (κ2) is 5.09. The maximum Gasteiger partial charge on any atom is 0.328 e. The number of carbonyl (C=O) groups excluding carboxylic acids is 1. The Morgan fingerprint density at radius 3 is 2.50 bits per heavy atom. The first-order chi connectivity index (χ1) is 7.45. The number of carboxylic acids is 1. The van der Waals surface area contributed by atoms with Crippen LogP contribution in [0, 0.1) is 13.8 Å². The van der Waals surface area contributed by atoms with E-state index in [0.717, 1.165) is 10.4 Å². The number of amides is 1. The highest BCUT2D eigenvalue weighted by molar-refractivity contribution is 7.14. The minimum atomic E-state index is -1.25. The van der Waals surface area contributed by atoms with Gasteiger partial charge < -0.3 is 15.5 Å². The highest BCUT2D eigenvalue weighted by atomic mass is 32.1. The van der Waals surface area contributed by atoms with E-state index in [-0.39, 0.29) is 0 Å². The predicted octanol–water partition coefficient (Wildman–Crippen LogP) is 0.540. The smallest absolute Gasteiger partial charge is 0.328 e. The van der Waals surface area contributed by atoms with Gasteiger partial charge in [-0.15, -0.1) is 11.3 Å². The molecule has 0 saturated carbocycles. The summed E-state index contributed by atoms with van der Waals surface area (Å²) in [7, 11) is 0. The van der Waals surface area contributed by atoms with Gasteiger partial charge in [-0.25, -0.2) is 4.79 Å². The van der Waals surface area contributed by atoms with Crippen molar-refractivity contribution in [3.05, 3.63) is 21.4 Å². The molecule has 1 aromatic rings. The van der Waals surface area contributed by atoms with Crippen LogP contribution in [0.4, 0.5) is 0 Å². The van der Waals surface area contributed by atoms with Gasteiger partial charge in [0.1, 0.15) is 0 Å². The molecule has 1 amide bonds. The van der Waals surface area contributed by atoms with Crippen molar-refractivity contribution in [3.63, 3.8) is 0 Å². The molecule has 0 spiro atoms. The van der Waals surface area contributed by atoms with Crippen molar-refractivity contribution in [1.82, 2.24) is 5.32 Å². The maximum atomic E-state index is 11.6. The second-order valence-electron chi connectivity index (χ2n) is 3.40. The lowest BCUT2D eigenvalue weighted by Crippen LogP contribution is -2.43. The number of carboxylic acid groups (broad SMARTS) is 1. The number of nitrogens with one attached hydrogen (secondary N) is 1. The van der Waals surface area contributed by atoms with Crippen LogP contribution in [0.5, 0.6) is 0 Å². The monoisotopic (exact) mass is 243 g/mol. The van der Waals surface area contributed by atoms with Crippen molar-refractivity contribution in [2.45, 2.75) is 19.9 Å². The molecule has 0 saturated heterocycles. The van der Waals surface area contributed by atoms with Gasteiger partial charge in [-0.2, -0.15) is 0 Å².